The molecule has 0 rings (SSSR count). The van der Waals surface area contributed by atoms with Gasteiger partial charge >= 0.3 is 35.8 Å². The van der Waals surface area contributed by atoms with Gasteiger partial charge in [0.15, 0.2) is 0 Å². The first-order valence-corrected chi connectivity index (χ1v) is 17.7. The minimum atomic E-state index is -1.16. The maximum atomic E-state index is 9.62. The number of carbonyl (C=O) groups is 6. The summed E-state index contributed by atoms with van der Waals surface area (Å²) in [4.78, 5) is 57.7. The summed E-state index contributed by atoms with van der Waals surface area (Å²) in [5.41, 5.74) is -2.32. The van der Waals surface area contributed by atoms with Gasteiger partial charge < -0.3 is 66.0 Å². The van der Waals surface area contributed by atoms with Gasteiger partial charge in [-0.3, -0.25) is 28.8 Å². The molecule has 0 saturated carbocycles. The zero-order chi connectivity index (χ0) is 44.3. The SMILES string of the molecule is CC(S)C(=O)O.CC(S)C(=O)O.CC(S)C(=O)O.CC(S)C(=O)O.CC(S)C(=O)O.CC(S)C(=O)O.OCC(CO)(CO)COCC(CO)(CO)CO. The topological polar surface area (TPSA) is 354 Å². The fraction of sp³-hybridized carbons (Fsp3) is 0.786. The average molecular weight is 891 g/mol. The summed E-state index contributed by atoms with van der Waals surface area (Å²) >= 11 is 21.6. The predicted molar refractivity (Wildman–Crippen MR) is 215 cm³/mol. The van der Waals surface area contributed by atoms with E-state index in [2.05, 4.69) is 75.8 Å². The Hall–Kier alpha value is -1.36. The van der Waals surface area contributed by atoms with Crippen LogP contribution in [-0.2, 0) is 33.5 Å². The number of carboxylic acid groups (broad SMARTS) is 6. The van der Waals surface area contributed by atoms with E-state index in [1.807, 2.05) is 0 Å². The molecule has 320 valence electrons. The molecule has 19 nitrogen and oxygen atoms in total. The van der Waals surface area contributed by atoms with Crippen LogP contribution in [-0.4, -0.2) is 181 Å². The number of hydrogen-bond donors (Lipinski definition) is 18. The normalized spacial score (nSPS) is 13.5. The Labute approximate surface area is 341 Å². The monoisotopic (exact) mass is 890 g/mol. The van der Waals surface area contributed by atoms with E-state index in [0.717, 1.165) is 0 Å². The highest BCUT2D eigenvalue weighted by Gasteiger charge is 2.32. The third kappa shape index (κ3) is 50.6. The lowest BCUT2D eigenvalue weighted by molar-refractivity contribution is -0.137. The molecular weight excluding hydrogens is 833 g/mol. The molecule has 0 aliphatic heterocycles. The molecule has 0 saturated heterocycles. The lowest BCUT2D eigenvalue weighted by Crippen LogP contribution is -2.43. The molecule has 0 spiro atoms. The van der Waals surface area contributed by atoms with Crippen LogP contribution < -0.4 is 0 Å². The van der Waals surface area contributed by atoms with Gasteiger partial charge in [-0.05, 0) is 41.5 Å². The second-order valence-electron chi connectivity index (χ2n) is 10.5. The number of aliphatic hydroxyl groups excluding tert-OH is 6. The summed E-state index contributed by atoms with van der Waals surface area (Å²) in [6.07, 6.45) is 0. The van der Waals surface area contributed by atoms with Crippen LogP contribution in [0.5, 0.6) is 0 Å². The molecule has 0 radical (unpaired) electrons. The van der Waals surface area contributed by atoms with Crippen molar-refractivity contribution in [2.45, 2.75) is 73.0 Å². The Balaban J connectivity index is -0.0000000996. The molecule has 6 atom stereocenters. The molecule has 0 aromatic heterocycles. The summed E-state index contributed by atoms with van der Waals surface area (Å²) in [5.74, 6) is -5.26. The van der Waals surface area contributed by atoms with Crippen molar-refractivity contribution in [3.05, 3.63) is 0 Å². The second kappa shape index (κ2) is 40.3. The highest BCUT2D eigenvalue weighted by molar-refractivity contribution is 7.82. The van der Waals surface area contributed by atoms with Gasteiger partial charge in [0.2, 0.25) is 0 Å². The van der Waals surface area contributed by atoms with Gasteiger partial charge in [-0.1, -0.05) is 0 Å². The van der Waals surface area contributed by atoms with E-state index >= 15 is 0 Å². The molecule has 0 aromatic carbocycles. The Morgan fingerprint density at radius 2 is 0.472 bits per heavy atom. The lowest BCUT2D eigenvalue weighted by atomic mass is 9.91. The number of rotatable bonds is 16. The van der Waals surface area contributed by atoms with Gasteiger partial charge in [0, 0.05) is 0 Å². The third-order valence-corrected chi connectivity index (χ3v) is 6.30. The van der Waals surface area contributed by atoms with Gasteiger partial charge in [-0.25, -0.2) is 0 Å². The molecule has 12 N–H and O–H groups in total. The molecule has 0 amide bonds. The number of carboxylic acids is 6. The summed E-state index contributed by atoms with van der Waals surface area (Å²) in [7, 11) is 0. The fourth-order valence-electron chi connectivity index (χ4n) is 1.06. The molecule has 0 aromatic rings. The number of ether oxygens (including phenoxy) is 1. The van der Waals surface area contributed by atoms with Crippen molar-refractivity contribution in [2.75, 3.05) is 52.9 Å². The molecule has 0 fully saturated rings. The van der Waals surface area contributed by atoms with Crippen molar-refractivity contribution in [1.82, 2.24) is 0 Å². The molecular formula is C28H58O19S6. The van der Waals surface area contributed by atoms with Gasteiger partial charge in [0.1, 0.15) is 0 Å². The van der Waals surface area contributed by atoms with E-state index in [1.165, 1.54) is 41.5 Å². The van der Waals surface area contributed by atoms with Crippen LogP contribution in [0.1, 0.15) is 41.5 Å². The highest BCUT2D eigenvalue weighted by atomic mass is 32.1. The van der Waals surface area contributed by atoms with Crippen LogP contribution in [0.4, 0.5) is 0 Å². The minimum Gasteiger partial charge on any atom is -0.480 e. The standard InChI is InChI=1S/C10H22O7.6C3H6O2S/c11-1-9(2-12,3-13)7-17-8-10(4-14,5-15)6-16;6*1-2(6)3(4)5/h11-16H,1-8H2;6*2,6H,1H3,(H,4,5). The van der Waals surface area contributed by atoms with E-state index in [0.29, 0.717) is 0 Å². The maximum Gasteiger partial charge on any atom is 0.316 e. The Morgan fingerprint density at radius 1 is 0.377 bits per heavy atom. The number of thiol groups is 6. The molecule has 0 bridgehead atoms. The van der Waals surface area contributed by atoms with Crippen molar-refractivity contribution >= 4 is 112 Å². The van der Waals surface area contributed by atoms with Crippen molar-refractivity contribution in [3.63, 3.8) is 0 Å². The molecule has 0 heterocycles. The second-order valence-corrected chi connectivity index (χ2v) is 15.2. The lowest BCUT2D eigenvalue weighted by Gasteiger charge is -2.31. The Bertz CT molecular complexity index is 783. The van der Waals surface area contributed by atoms with E-state index in [4.69, 9.17) is 66.0 Å². The average Bonchev–Trinajstić information content (AvgIpc) is 3.07. The molecule has 25 heteroatoms. The third-order valence-electron chi connectivity index (χ3n) is 4.97. The van der Waals surface area contributed by atoms with Crippen LogP contribution in [0.2, 0.25) is 0 Å². The zero-order valence-electron chi connectivity index (χ0n) is 30.0. The first-order chi connectivity index (χ1) is 23.9. The largest absolute Gasteiger partial charge is 0.480 e. The van der Waals surface area contributed by atoms with Crippen LogP contribution in [0.15, 0.2) is 0 Å². The highest BCUT2D eigenvalue weighted by Crippen LogP contribution is 2.19. The Kier molecular flexibility index (Phi) is 50.5. The van der Waals surface area contributed by atoms with Crippen molar-refractivity contribution in [1.29, 1.82) is 0 Å². The summed E-state index contributed by atoms with van der Waals surface area (Å²) in [6.45, 7) is 6.03. The van der Waals surface area contributed by atoms with Gasteiger partial charge in [-0.15, -0.1) is 0 Å². The van der Waals surface area contributed by atoms with Gasteiger partial charge in [0.25, 0.3) is 0 Å². The van der Waals surface area contributed by atoms with E-state index in [1.54, 1.807) is 0 Å². The van der Waals surface area contributed by atoms with E-state index in [-0.39, 0.29) is 13.2 Å². The van der Waals surface area contributed by atoms with Gasteiger partial charge in [0.05, 0.1) is 95.2 Å². The Morgan fingerprint density at radius 3 is 0.528 bits per heavy atom. The number of hydrogen-bond acceptors (Lipinski definition) is 19. The van der Waals surface area contributed by atoms with Crippen LogP contribution in [0.3, 0.4) is 0 Å². The molecule has 0 aliphatic rings. The van der Waals surface area contributed by atoms with Crippen molar-refractivity contribution in [2.24, 2.45) is 10.8 Å². The van der Waals surface area contributed by atoms with Crippen molar-refractivity contribution in [3.8, 4) is 0 Å². The van der Waals surface area contributed by atoms with Crippen molar-refractivity contribution < 1.29 is 94.8 Å². The van der Waals surface area contributed by atoms with Crippen LogP contribution in [0.25, 0.3) is 0 Å². The fourth-order valence-corrected chi connectivity index (χ4v) is 1.06. The summed E-state index contributed by atoms with van der Waals surface area (Å²) in [6, 6.07) is 0. The number of aliphatic hydroxyl groups is 6. The van der Waals surface area contributed by atoms with E-state index < -0.39 is 118 Å². The van der Waals surface area contributed by atoms with Crippen LogP contribution >= 0.6 is 75.8 Å². The molecule has 0 aliphatic carbocycles. The van der Waals surface area contributed by atoms with Crippen LogP contribution in [0, 0.1) is 10.8 Å². The van der Waals surface area contributed by atoms with Gasteiger partial charge in [-0.2, -0.15) is 75.8 Å². The first-order valence-electron chi connectivity index (χ1n) is 14.6. The minimum absolute atomic E-state index is 0.141. The predicted octanol–water partition coefficient (Wildman–Crippen LogP) is -0.735. The smallest absolute Gasteiger partial charge is 0.316 e. The zero-order valence-corrected chi connectivity index (χ0v) is 35.4. The molecule has 6 unspecified atom stereocenters. The number of aliphatic carboxylic acids is 6. The quantitative estimate of drug-likeness (QED) is 0.0849. The summed E-state index contributed by atoms with van der Waals surface area (Å²) < 4.78 is 5.15. The molecule has 53 heavy (non-hydrogen) atoms. The first kappa shape index (κ1) is 66.5. The van der Waals surface area contributed by atoms with E-state index in [9.17, 15) is 28.8 Å². The maximum absolute atomic E-state index is 9.62. The summed E-state index contributed by atoms with van der Waals surface area (Å²) in [5, 5.41) is 98.4.